The Bertz CT molecular complexity index is 657. The van der Waals surface area contributed by atoms with E-state index in [1.54, 1.807) is 6.92 Å². The summed E-state index contributed by atoms with van der Waals surface area (Å²) < 4.78 is 15.5. The zero-order chi connectivity index (χ0) is 13.3. The molecule has 0 aliphatic heterocycles. The van der Waals surface area contributed by atoms with Crippen LogP contribution < -0.4 is 5.56 Å². The van der Waals surface area contributed by atoms with E-state index in [0.29, 0.717) is 19.9 Å². The van der Waals surface area contributed by atoms with Crippen LogP contribution in [0.25, 0.3) is 0 Å². The van der Waals surface area contributed by atoms with Gasteiger partial charge in [0.15, 0.2) is 0 Å². The van der Waals surface area contributed by atoms with E-state index >= 15 is 0 Å². The molecule has 94 valence electrons. The van der Waals surface area contributed by atoms with Crippen molar-refractivity contribution >= 4 is 34.2 Å². The molecule has 0 spiro atoms. The van der Waals surface area contributed by atoms with Gasteiger partial charge in [0.2, 0.25) is 0 Å². The van der Waals surface area contributed by atoms with Crippen molar-refractivity contribution < 1.29 is 4.39 Å². The third-order valence-electron chi connectivity index (χ3n) is 2.51. The second-order valence-electron chi connectivity index (χ2n) is 3.81. The van der Waals surface area contributed by atoms with Crippen LogP contribution in [0.3, 0.4) is 0 Å². The van der Waals surface area contributed by atoms with Gasteiger partial charge in [0.05, 0.1) is 22.1 Å². The summed E-state index contributed by atoms with van der Waals surface area (Å²) in [5.41, 5.74) is 0.858. The van der Waals surface area contributed by atoms with Crippen LogP contribution in [-0.2, 0) is 6.54 Å². The van der Waals surface area contributed by atoms with Gasteiger partial charge in [0.1, 0.15) is 5.82 Å². The Morgan fingerprint density at radius 1 is 1.50 bits per heavy atom. The maximum atomic E-state index is 13.6. The first-order valence-corrected chi connectivity index (χ1v) is 6.60. The van der Waals surface area contributed by atoms with Crippen LogP contribution in [-0.4, -0.2) is 9.55 Å². The predicted octanol–water partition coefficient (Wildman–Crippen LogP) is 3.00. The number of hydrogen-bond donors (Lipinski definition) is 0. The molecule has 2 aromatic rings. The van der Waals surface area contributed by atoms with E-state index in [1.807, 2.05) is 22.6 Å². The number of aromatic nitrogens is 2. The molecule has 1 heterocycles. The molecule has 18 heavy (non-hydrogen) atoms. The van der Waals surface area contributed by atoms with Crippen LogP contribution in [0.4, 0.5) is 4.39 Å². The van der Waals surface area contributed by atoms with E-state index in [-0.39, 0.29) is 17.9 Å². The molecule has 2 rings (SSSR count). The summed E-state index contributed by atoms with van der Waals surface area (Å²) in [7, 11) is 0. The molecule has 0 aliphatic rings. The van der Waals surface area contributed by atoms with Gasteiger partial charge < -0.3 is 0 Å². The van der Waals surface area contributed by atoms with Crippen molar-refractivity contribution in [2.24, 2.45) is 0 Å². The van der Waals surface area contributed by atoms with Gasteiger partial charge in [-0.05, 0) is 47.7 Å². The number of nitrogens with zero attached hydrogens (tertiary/aromatic N) is 2. The number of rotatable bonds is 2. The Morgan fingerprint density at radius 2 is 2.22 bits per heavy atom. The summed E-state index contributed by atoms with van der Waals surface area (Å²) in [5.74, 6) is -0.387. The Balaban J connectivity index is 2.44. The maximum absolute atomic E-state index is 13.6. The van der Waals surface area contributed by atoms with Crippen LogP contribution in [0.5, 0.6) is 0 Å². The second-order valence-corrected chi connectivity index (χ2v) is 5.33. The summed E-state index contributed by atoms with van der Waals surface area (Å²) in [4.78, 5) is 16.0. The van der Waals surface area contributed by atoms with Gasteiger partial charge in [-0.3, -0.25) is 9.36 Å². The SMILES string of the molecule is Cc1ncn(Cc2cc(Cl)ccc2F)c(=O)c1I. The molecule has 3 nitrogen and oxygen atoms in total. The molecule has 0 fully saturated rings. The molecular weight excluding hydrogens is 369 g/mol. The number of hydrogen-bond acceptors (Lipinski definition) is 2. The van der Waals surface area contributed by atoms with Crippen molar-refractivity contribution in [3.05, 3.63) is 60.5 Å². The summed E-state index contributed by atoms with van der Waals surface area (Å²) >= 11 is 7.75. The van der Waals surface area contributed by atoms with Gasteiger partial charge in [0, 0.05) is 10.6 Å². The van der Waals surface area contributed by atoms with E-state index in [4.69, 9.17) is 11.6 Å². The van der Waals surface area contributed by atoms with E-state index < -0.39 is 0 Å². The quantitative estimate of drug-likeness (QED) is 0.753. The third-order valence-corrected chi connectivity index (χ3v) is 3.98. The van der Waals surface area contributed by atoms with Gasteiger partial charge in [-0.1, -0.05) is 11.6 Å². The molecule has 6 heteroatoms. The maximum Gasteiger partial charge on any atom is 0.267 e. The van der Waals surface area contributed by atoms with Crippen LogP contribution in [0.2, 0.25) is 5.02 Å². The average Bonchev–Trinajstić information content (AvgIpc) is 2.34. The first-order chi connectivity index (χ1) is 8.49. The Hall–Kier alpha value is -0.950. The molecular formula is C12H9ClFIN2O. The molecule has 0 unspecified atom stereocenters. The van der Waals surface area contributed by atoms with Crippen LogP contribution in [0.1, 0.15) is 11.3 Å². The summed E-state index contributed by atoms with van der Waals surface area (Å²) in [6.45, 7) is 1.88. The fourth-order valence-electron chi connectivity index (χ4n) is 1.51. The molecule has 0 atom stereocenters. The van der Waals surface area contributed by atoms with E-state index in [1.165, 1.54) is 29.1 Å². The largest absolute Gasteiger partial charge is 0.294 e. The van der Waals surface area contributed by atoms with Gasteiger partial charge in [-0.15, -0.1) is 0 Å². The Kier molecular flexibility index (Phi) is 4.01. The second kappa shape index (κ2) is 5.36. The normalized spacial score (nSPS) is 10.7. The Labute approximate surface area is 122 Å². The minimum Gasteiger partial charge on any atom is -0.294 e. The van der Waals surface area contributed by atoms with Gasteiger partial charge >= 0.3 is 0 Å². The molecule has 0 radical (unpaired) electrons. The zero-order valence-electron chi connectivity index (χ0n) is 9.45. The van der Waals surface area contributed by atoms with E-state index in [2.05, 4.69) is 4.98 Å². The van der Waals surface area contributed by atoms with Gasteiger partial charge in [-0.2, -0.15) is 0 Å². The summed E-state index contributed by atoms with van der Waals surface area (Å²) in [6, 6.07) is 4.27. The van der Waals surface area contributed by atoms with Crippen molar-refractivity contribution in [1.82, 2.24) is 9.55 Å². The summed E-state index contributed by atoms with van der Waals surface area (Å²) in [5, 5.41) is 0.439. The summed E-state index contributed by atoms with van der Waals surface area (Å²) in [6.07, 6.45) is 1.42. The van der Waals surface area contributed by atoms with Crippen molar-refractivity contribution in [1.29, 1.82) is 0 Å². The van der Waals surface area contributed by atoms with Crippen LogP contribution >= 0.6 is 34.2 Å². The lowest BCUT2D eigenvalue weighted by Gasteiger charge is -2.08. The zero-order valence-corrected chi connectivity index (χ0v) is 12.4. The van der Waals surface area contributed by atoms with E-state index in [9.17, 15) is 9.18 Å². The average molecular weight is 379 g/mol. The molecule has 0 N–H and O–H groups in total. The highest BCUT2D eigenvalue weighted by Gasteiger charge is 2.08. The highest BCUT2D eigenvalue weighted by atomic mass is 127. The molecule has 1 aromatic carbocycles. The Morgan fingerprint density at radius 3 is 2.94 bits per heavy atom. The molecule has 0 saturated heterocycles. The molecule has 0 aliphatic carbocycles. The molecule has 0 bridgehead atoms. The van der Waals surface area contributed by atoms with Crippen molar-refractivity contribution in [3.63, 3.8) is 0 Å². The lowest BCUT2D eigenvalue weighted by Crippen LogP contribution is -2.24. The van der Waals surface area contributed by atoms with E-state index in [0.717, 1.165) is 0 Å². The minimum atomic E-state index is -0.387. The van der Waals surface area contributed by atoms with Crippen molar-refractivity contribution in [3.8, 4) is 0 Å². The highest BCUT2D eigenvalue weighted by molar-refractivity contribution is 14.1. The fraction of sp³-hybridized carbons (Fsp3) is 0.167. The number of aryl methyl sites for hydroxylation is 1. The van der Waals surface area contributed by atoms with Crippen LogP contribution in [0, 0.1) is 16.3 Å². The smallest absolute Gasteiger partial charge is 0.267 e. The first-order valence-electron chi connectivity index (χ1n) is 5.14. The minimum absolute atomic E-state index is 0.120. The number of benzene rings is 1. The lowest BCUT2D eigenvalue weighted by molar-refractivity contribution is 0.593. The number of halogens is 3. The predicted molar refractivity (Wildman–Crippen MR) is 76.5 cm³/mol. The van der Waals surface area contributed by atoms with Gasteiger partial charge in [0.25, 0.3) is 5.56 Å². The highest BCUT2D eigenvalue weighted by Crippen LogP contribution is 2.15. The third kappa shape index (κ3) is 2.72. The topological polar surface area (TPSA) is 34.9 Å². The van der Waals surface area contributed by atoms with Crippen LogP contribution in [0.15, 0.2) is 29.3 Å². The van der Waals surface area contributed by atoms with Gasteiger partial charge in [-0.25, -0.2) is 9.37 Å². The molecule has 0 amide bonds. The monoisotopic (exact) mass is 378 g/mol. The van der Waals surface area contributed by atoms with Crippen molar-refractivity contribution in [2.45, 2.75) is 13.5 Å². The standard InChI is InChI=1S/C12H9ClFIN2O/c1-7-11(15)12(18)17(6-16-7)5-8-4-9(13)2-3-10(8)14/h2-4,6H,5H2,1H3. The molecule has 0 saturated carbocycles. The lowest BCUT2D eigenvalue weighted by atomic mass is 10.2. The van der Waals surface area contributed by atoms with Crippen molar-refractivity contribution in [2.75, 3.05) is 0 Å². The fourth-order valence-corrected chi connectivity index (χ4v) is 2.15. The first kappa shape index (κ1) is 13.5. The molecule has 1 aromatic heterocycles.